The Morgan fingerprint density at radius 1 is 1.09 bits per heavy atom. The van der Waals surface area contributed by atoms with Crippen LogP contribution in [-0.4, -0.2) is 28.8 Å². The summed E-state index contributed by atoms with van der Waals surface area (Å²) in [5.41, 5.74) is 1.33. The molecule has 0 aliphatic heterocycles. The summed E-state index contributed by atoms with van der Waals surface area (Å²) in [5, 5.41) is 22.2. The van der Waals surface area contributed by atoms with Gasteiger partial charge in [-0.05, 0) is 31.0 Å². The van der Waals surface area contributed by atoms with Gasteiger partial charge in [0.25, 0.3) is 5.91 Å². The number of carbonyl (C=O) groups is 1. The number of para-hydroxylation sites is 1. The van der Waals surface area contributed by atoms with Crippen LogP contribution in [0.5, 0.6) is 5.75 Å². The van der Waals surface area contributed by atoms with Crippen molar-refractivity contribution in [1.82, 2.24) is 5.32 Å². The third-order valence-electron chi connectivity index (χ3n) is 3.55. The summed E-state index contributed by atoms with van der Waals surface area (Å²) in [6, 6.07) is 16.2. The van der Waals surface area contributed by atoms with Gasteiger partial charge in [-0.3, -0.25) is 4.79 Å². The molecule has 0 aromatic heterocycles. The Morgan fingerprint density at radius 2 is 1.73 bits per heavy atom. The molecule has 0 radical (unpaired) electrons. The van der Waals surface area contributed by atoms with Gasteiger partial charge in [0.1, 0.15) is 5.75 Å². The van der Waals surface area contributed by atoms with E-state index in [2.05, 4.69) is 5.32 Å². The molecular formula is C18H21NO3. The summed E-state index contributed by atoms with van der Waals surface area (Å²) >= 11 is 0. The lowest BCUT2D eigenvalue weighted by molar-refractivity contribution is 0.0943. The summed E-state index contributed by atoms with van der Waals surface area (Å²) in [5.74, 6) is -0.326. The van der Waals surface area contributed by atoms with Crippen molar-refractivity contribution in [1.29, 1.82) is 0 Å². The maximum absolute atomic E-state index is 12.2. The van der Waals surface area contributed by atoms with Crippen LogP contribution >= 0.6 is 0 Å². The van der Waals surface area contributed by atoms with Crippen LogP contribution in [0.25, 0.3) is 0 Å². The summed E-state index contributed by atoms with van der Waals surface area (Å²) < 4.78 is 0. The Morgan fingerprint density at radius 3 is 2.36 bits per heavy atom. The van der Waals surface area contributed by atoms with E-state index in [4.69, 9.17) is 0 Å². The van der Waals surface area contributed by atoms with Gasteiger partial charge in [-0.2, -0.15) is 0 Å². The number of hydrogen-bond acceptors (Lipinski definition) is 3. The largest absolute Gasteiger partial charge is 0.507 e. The Labute approximate surface area is 130 Å². The van der Waals surface area contributed by atoms with Crippen molar-refractivity contribution in [3.05, 3.63) is 65.7 Å². The van der Waals surface area contributed by atoms with Crippen molar-refractivity contribution in [2.45, 2.75) is 25.4 Å². The second-order valence-corrected chi connectivity index (χ2v) is 5.42. The number of nitrogens with one attached hydrogen (secondary N) is 1. The monoisotopic (exact) mass is 299 g/mol. The molecule has 116 valence electrons. The number of aliphatic hydroxyl groups is 1. The third-order valence-corrected chi connectivity index (χ3v) is 3.55. The van der Waals surface area contributed by atoms with E-state index in [1.807, 2.05) is 30.3 Å². The Kier molecular flexibility index (Phi) is 5.55. The molecule has 2 aromatic carbocycles. The molecule has 1 amide bonds. The second kappa shape index (κ2) is 7.61. The summed E-state index contributed by atoms with van der Waals surface area (Å²) in [4.78, 5) is 12.2. The highest BCUT2D eigenvalue weighted by Gasteiger charge is 2.17. The third kappa shape index (κ3) is 4.33. The standard InChI is InChI=1S/C18H21NO3/c1-13(20)11-15(14-7-3-2-4-8-14)12-19-18(22)16-9-5-6-10-17(16)21/h2-10,13,15,20-21H,11-12H2,1H3,(H,19,22). The zero-order valence-corrected chi connectivity index (χ0v) is 12.6. The highest BCUT2D eigenvalue weighted by Crippen LogP contribution is 2.21. The number of carbonyl (C=O) groups excluding carboxylic acids is 1. The van der Waals surface area contributed by atoms with Gasteiger partial charge in [-0.1, -0.05) is 42.5 Å². The summed E-state index contributed by atoms with van der Waals surface area (Å²) in [6.45, 7) is 2.14. The minimum atomic E-state index is -0.452. The number of phenolic OH excluding ortho intramolecular Hbond substituents is 1. The van der Waals surface area contributed by atoms with Gasteiger partial charge < -0.3 is 15.5 Å². The van der Waals surface area contributed by atoms with Crippen molar-refractivity contribution < 1.29 is 15.0 Å². The fourth-order valence-electron chi connectivity index (χ4n) is 2.45. The molecule has 4 heteroatoms. The van der Waals surface area contributed by atoms with Crippen molar-refractivity contribution in [2.24, 2.45) is 0 Å². The molecular weight excluding hydrogens is 278 g/mol. The number of hydrogen-bond donors (Lipinski definition) is 3. The van der Waals surface area contributed by atoms with Gasteiger partial charge in [0.05, 0.1) is 11.7 Å². The first-order chi connectivity index (χ1) is 10.6. The normalized spacial score (nSPS) is 13.4. The molecule has 0 fully saturated rings. The first kappa shape index (κ1) is 16.0. The van der Waals surface area contributed by atoms with Gasteiger partial charge in [-0.25, -0.2) is 0 Å². The molecule has 0 aliphatic rings. The molecule has 0 saturated heterocycles. The highest BCUT2D eigenvalue weighted by atomic mass is 16.3. The van der Waals surface area contributed by atoms with E-state index >= 15 is 0 Å². The number of aromatic hydroxyl groups is 1. The molecule has 2 aromatic rings. The van der Waals surface area contributed by atoms with Crippen molar-refractivity contribution in [3.63, 3.8) is 0 Å². The minimum Gasteiger partial charge on any atom is -0.507 e. The van der Waals surface area contributed by atoms with Gasteiger partial charge in [0.2, 0.25) is 0 Å². The lowest BCUT2D eigenvalue weighted by Gasteiger charge is -2.19. The number of rotatable bonds is 6. The van der Waals surface area contributed by atoms with E-state index in [0.29, 0.717) is 13.0 Å². The predicted molar refractivity (Wildman–Crippen MR) is 85.9 cm³/mol. The lowest BCUT2D eigenvalue weighted by Crippen LogP contribution is -2.29. The first-order valence-corrected chi connectivity index (χ1v) is 7.37. The topological polar surface area (TPSA) is 69.6 Å². The van der Waals surface area contributed by atoms with Gasteiger partial charge in [-0.15, -0.1) is 0 Å². The molecule has 0 saturated carbocycles. The van der Waals surface area contributed by atoms with Crippen LogP contribution in [0.2, 0.25) is 0 Å². The van der Waals surface area contributed by atoms with Gasteiger partial charge >= 0.3 is 0 Å². The van der Waals surface area contributed by atoms with E-state index in [-0.39, 0.29) is 23.1 Å². The quantitative estimate of drug-likeness (QED) is 0.768. The minimum absolute atomic E-state index is 0.0241. The molecule has 0 aliphatic carbocycles. The van der Waals surface area contributed by atoms with Crippen molar-refractivity contribution in [3.8, 4) is 5.75 Å². The van der Waals surface area contributed by atoms with Crippen LogP contribution in [0.3, 0.4) is 0 Å². The Balaban J connectivity index is 2.05. The SMILES string of the molecule is CC(O)CC(CNC(=O)c1ccccc1O)c1ccccc1. The Hall–Kier alpha value is -2.33. The average Bonchev–Trinajstić information content (AvgIpc) is 2.52. The fraction of sp³-hybridized carbons (Fsp3) is 0.278. The number of phenols is 1. The zero-order valence-electron chi connectivity index (χ0n) is 12.6. The molecule has 4 nitrogen and oxygen atoms in total. The molecule has 2 atom stereocenters. The van der Waals surface area contributed by atoms with Crippen molar-refractivity contribution in [2.75, 3.05) is 6.54 Å². The lowest BCUT2D eigenvalue weighted by atomic mass is 9.93. The maximum Gasteiger partial charge on any atom is 0.255 e. The Bertz CT molecular complexity index is 611. The molecule has 2 rings (SSSR count). The van der Waals surface area contributed by atoms with Crippen LogP contribution in [0, 0.1) is 0 Å². The number of amides is 1. The van der Waals surface area contributed by atoms with Crippen LogP contribution in [-0.2, 0) is 0 Å². The average molecular weight is 299 g/mol. The van der Waals surface area contributed by atoms with E-state index in [9.17, 15) is 15.0 Å². The zero-order chi connectivity index (χ0) is 15.9. The second-order valence-electron chi connectivity index (χ2n) is 5.42. The van der Waals surface area contributed by atoms with Crippen LogP contribution in [0.1, 0.15) is 35.2 Å². The smallest absolute Gasteiger partial charge is 0.255 e. The van der Waals surface area contributed by atoms with Crippen LogP contribution in [0.15, 0.2) is 54.6 Å². The number of benzene rings is 2. The van der Waals surface area contributed by atoms with E-state index in [1.165, 1.54) is 6.07 Å². The molecule has 0 spiro atoms. The van der Waals surface area contributed by atoms with E-state index in [0.717, 1.165) is 5.56 Å². The van der Waals surface area contributed by atoms with E-state index < -0.39 is 6.10 Å². The van der Waals surface area contributed by atoms with Gasteiger partial charge in [0.15, 0.2) is 0 Å². The first-order valence-electron chi connectivity index (χ1n) is 7.37. The highest BCUT2D eigenvalue weighted by molar-refractivity contribution is 5.96. The van der Waals surface area contributed by atoms with Crippen molar-refractivity contribution >= 4 is 5.91 Å². The summed E-state index contributed by atoms with van der Waals surface area (Å²) in [6.07, 6.45) is 0.109. The predicted octanol–water partition coefficient (Wildman–Crippen LogP) is 2.68. The molecule has 0 bridgehead atoms. The molecule has 22 heavy (non-hydrogen) atoms. The molecule has 0 heterocycles. The molecule has 2 unspecified atom stereocenters. The maximum atomic E-state index is 12.2. The fourth-order valence-corrected chi connectivity index (χ4v) is 2.45. The molecule has 3 N–H and O–H groups in total. The summed E-state index contributed by atoms with van der Waals surface area (Å²) in [7, 11) is 0. The number of aliphatic hydroxyl groups excluding tert-OH is 1. The van der Waals surface area contributed by atoms with Crippen LogP contribution < -0.4 is 5.32 Å². The van der Waals surface area contributed by atoms with Crippen LogP contribution in [0.4, 0.5) is 0 Å². The van der Waals surface area contributed by atoms with Gasteiger partial charge in [0, 0.05) is 12.5 Å². The van der Waals surface area contributed by atoms with E-state index in [1.54, 1.807) is 25.1 Å².